The quantitative estimate of drug-likeness (QED) is 0.465. The van der Waals surface area contributed by atoms with Crippen LogP contribution in [0.5, 0.6) is 5.75 Å². The Bertz CT molecular complexity index is 864. The summed E-state index contributed by atoms with van der Waals surface area (Å²) in [6.07, 6.45) is -1.15. The van der Waals surface area contributed by atoms with Crippen LogP contribution < -0.4 is 10.1 Å². The lowest BCUT2D eigenvalue weighted by atomic mass is 10.2. The molecule has 0 radical (unpaired) electrons. The van der Waals surface area contributed by atoms with E-state index in [1.165, 1.54) is 43.6 Å². The second-order valence-electron chi connectivity index (χ2n) is 5.32. The van der Waals surface area contributed by atoms with Crippen LogP contribution in [0.15, 0.2) is 18.2 Å². The van der Waals surface area contributed by atoms with Gasteiger partial charge in [-0.05, 0) is 32.9 Å². The Kier molecular flexibility index (Phi) is 5.88. The number of anilines is 1. The van der Waals surface area contributed by atoms with E-state index in [2.05, 4.69) is 10.3 Å². The third-order valence-electron chi connectivity index (χ3n) is 3.40. The summed E-state index contributed by atoms with van der Waals surface area (Å²) in [6, 6.07) is 4.01. The zero-order valence-electron chi connectivity index (χ0n) is 14.6. The van der Waals surface area contributed by atoms with E-state index in [0.29, 0.717) is 15.6 Å². The van der Waals surface area contributed by atoms with Gasteiger partial charge in [-0.15, -0.1) is 11.3 Å². The molecule has 0 aliphatic carbocycles. The molecule has 0 fully saturated rings. The molecule has 1 aromatic heterocycles. The number of nitrogens with one attached hydrogen (secondary N) is 1. The molecule has 0 spiro atoms. The van der Waals surface area contributed by atoms with Gasteiger partial charge in [-0.25, -0.2) is 9.78 Å². The average Bonchev–Trinajstić information content (AvgIpc) is 2.93. The van der Waals surface area contributed by atoms with Crippen molar-refractivity contribution in [3.63, 3.8) is 0 Å². The summed E-state index contributed by atoms with van der Waals surface area (Å²) >= 11 is 1.17. The van der Waals surface area contributed by atoms with Gasteiger partial charge in [-0.2, -0.15) is 0 Å². The minimum Gasteiger partial charge on any atom is -0.496 e. The van der Waals surface area contributed by atoms with E-state index in [4.69, 9.17) is 9.47 Å². The maximum absolute atomic E-state index is 12.2. The number of amides is 1. The Balaban J connectivity index is 2.11. The number of esters is 1. The van der Waals surface area contributed by atoms with Crippen molar-refractivity contribution < 1.29 is 24.0 Å². The molecule has 2 aromatic rings. The molecule has 9 nitrogen and oxygen atoms in total. The van der Waals surface area contributed by atoms with Gasteiger partial charge >= 0.3 is 5.97 Å². The molecule has 0 bridgehead atoms. The Morgan fingerprint density at radius 3 is 2.58 bits per heavy atom. The highest BCUT2D eigenvalue weighted by molar-refractivity contribution is 7.13. The molecule has 0 saturated heterocycles. The molecule has 138 valence electrons. The number of nitro benzene ring substituents is 1. The third-order valence-corrected chi connectivity index (χ3v) is 4.45. The van der Waals surface area contributed by atoms with Crippen molar-refractivity contribution >= 4 is 34.6 Å². The molecule has 1 aromatic carbocycles. The second kappa shape index (κ2) is 7.91. The van der Waals surface area contributed by atoms with Crippen molar-refractivity contribution in [2.45, 2.75) is 26.9 Å². The molecule has 0 saturated carbocycles. The largest absolute Gasteiger partial charge is 0.496 e. The summed E-state index contributed by atoms with van der Waals surface area (Å²) in [7, 11) is 1.38. The molecule has 0 unspecified atom stereocenters. The van der Waals surface area contributed by atoms with E-state index < -0.39 is 22.9 Å². The van der Waals surface area contributed by atoms with E-state index in [1.54, 1.807) is 13.8 Å². The zero-order valence-corrected chi connectivity index (χ0v) is 15.4. The number of nitro groups is 1. The van der Waals surface area contributed by atoms with Crippen LogP contribution in [0.4, 0.5) is 11.4 Å². The van der Waals surface area contributed by atoms with Gasteiger partial charge in [-0.1, -0.05) is 0 Å². The van der Waals surface area contributed by atoms with Gasteiger partial charge < -0.3 is 14.8 Å². The molecule has 2 rings (SSSR count). The fourth-order valence-electron chi connectivity index (χ4n) is 2.12. The maximum Gasteiger partial charge on any atom is 0.351 e. The van der Waals surface area contributed by atoms with Gasteiger partial charge in [0.15, 0.2) is 6.10 Å². The minimum absolute atomic E-state index is 0.0199. The number of aromatic nitrogens is 1. The first-order valence-corrected chi connectivity index (χ1v) is 8.33. The first kappa shape index (κ1) is 19.3. The number of rotatable bonds is 6. The number of nitrogens with zero attached hydrogens (tertiary/aromatic N) is 2. The topological polar surface area (TPSA) is 121 Å². The highest BCUT2D eigenvalue weighted by Crippen LogP contribution is 2.29. The summed E-state index contributed by atoms with van der Waals surface area (Å²) < 4.78 is 10.1. The normalized spacial score (nSPS) is 11.5. The standard InChI is InChI=1S/C16H17N3O6S/c1-8-14(26-10(3)17-8)16(21)25-9(2)15(20)18-12-6-5-11(24-4)7-13(12)19(22)23/h5-7,9H,1-4H3,(H,18,20)/t9-/m0/s1. The summed E-state index contributed by atoms with van der Waals surface area (Å²) in [5.74, 6) is -1.07. The number of methoxy groups -OCH3 is 1. The predicted octanol–water partition coefficient (Wildman–Crippen LogP) is 2.86. The minimum atomic E-state index is -1.15. The first-order chi connectivity index (χ1) is 12.2. The van der Waals surface area contributed by atoms with E-state index in [1.807, 2.05) is 0 Å². The SMILES string of the molecule is COc1ccc(NC(=O)[C@H](C)OC(=O)c2sc(C)nc2C)c([N+](=O)[O-])c1. The van der Waals surface area contributed by atoms with Crippen LogP contribution in [0.3, 0.4) is 0 Å². The lowest BCUT2D eigenvalue weighted by Crippen LogP contribution is -2.30. The molecule has 0 aliphatic heterocycles. The molecule has 1 heterocycles. The fraction of sp³-hybridized carbons (Fsp3) is 0.312. The van der Waals surface area contributed by atoms with Crippen molar-refractivity contribution in [2.75, 3.05) is 12.4 Å². The van der Waals surface area contributed by atoms with E-state index in [-0.39, 0.29) is 17.1 Å². The van der Waals surface area contributed by atoms with Crippen molar-refractivity contribution in [1.29, 1.82) is 0 Å². The number of thiazole rings is 1. The molecule has 1 N–H and O–H groups in total. The van der Waals surface area contributed by atoms with E-state index >= 15 is 0 Å². The average molecular weight is 379 g/mol. The monoisotopic (exact) mass is 379 g/mol. The molecule has 1 atom stereocenters. The number of ether oxygens (including phenoxy) is 2. The number of aryl methyl sites for hydroxylation is 2. The van der Waals surface area contributed by atoms with Crippen LogP contribution in [-0.4, -0.2) is 35.0 Å². The van der Waals surface area contributed by atoms with Gasteiger partial charge in [0.2, 0.25) is 0 Å². The van der Waals surface area contributed by atoms with Gasteiger partial charge in [0.25, 0.3) is 11.6 Å². The lowest BCUT2D eigenvalue weighted by Gasteiger charge is -2.13. The lowest BCUT2D eigenvalue weighted by molar-refractivity contribution is -0.384. The van der Waals surface area contributed by atoms with Gasteiger partial charge in [0, 0.05) is 0 Å². The van der Waals surface area contributed by atoms with Gasteiger partial charge in [0.05, 0.1) is 28.8 Å². The highest BCUT2D eigenvalue weighted by atomic mass is 32.1. The second-order valence-corrected chi connectivity index (χ2v) is 6.53. The molecule has 26 heavy (non-hydrogen) atoms. The van der Waals surface area contributed by atoms with Crippen LogP contribution in [0.25, 0.3) is 0 Å². The molecule has 10 heteroatoms. The van der Waals surface area contributed by atoms with Crippen molar-refractivity contribution in [2.24, 2.45) is 0 Å². The van der Waals surface area contributed by atoms with Crippen molar-refractivity contribution in [3.05, 3.63) is 43.9 Å². The Morgan fingerprint density at radius 1 is 1.35 bits per heavy atom. The number of benzene rings is 1. The number of carbonyl (C=O) groups is 2. The van der Waals surface area contributed by atoms with Crippen LogP contribution in [0.2, 0.25) is 0 Å². The third kappa shape index (κ3) is 4.33. The Morgan fingerprint density at radius 2 is 2.04 bits per heavy atom. The van der Waals surface area contributed by atoms with Crippen molar-refractivity contribution in [1.82, 2.24) is 4.98 Å². The van der Waals surface area contributed by atoms with Crippen LogP contribution in [0, 0.1) is 24.0 Å². The summed E-state index contributed by atoms with van der Waals surface area (Å²) in [5.41, 5.74) is 0.176. The van der Waals surface area contributed by atoms with Gasteiger partial charge in [-0.3, -0.25) is 14.9 Å². The van der Waals surface area contributed by atoms with E-state index in [0.717, 1.165) is 0 Å². The van der Waals surface area contributed by atoms with Crippen LogP contribution >= 0.6 is 11.3 Å². The maximum atomic E-state index is 12.2. The van der Waals surface area contributed by atoms with Crippen LogP contribution in [-0.2, 0) is 9.53 Å². The Labute approximate surface area is 153 Å². The molecular formula is C16H17N3O6S. The summed E-state index contributed by atoms with van der Waals surface area (Å²) in [4.78, 5) is 39.4. The zero-order chi connectivity index (χ0) is 19.4. The Hall–Kier alpha value is -3.01. The molecular weight excluding hydrogens is 362 g/mol. The summed E-state index contributed by atoms with van der Waals surface area (Å²) in [5, 5.41) is 14.3. The first-order valence-electron chi connectivity index (χ1n) is 7.51. The fourth-order valence-corrected chi connectivity index (χ4v) is 2.92. The predicted molar refractivity (Wildman–Crippen MR) is 94.7 cm³/mol. The molecule has 0 aliphatic rings. The molecule has 1 amide bonds. The van der Waals surface area contributed by atoms with Crippen LogP contribution in [0.1, 0.15) is 27.3 Å². The highest BCUT2D eigenvalue weighted by Gasteiger charge is 2.24. The van der Waals surface area contributed by atoms with E-state index in [9.17, 15) is 19.7 Å². The number of carbonyl (C=O) groups excluding carboxylic acids is 2. The smallest absolute Gasteiger partial charge is 0.351 e. The van der Waals surface area contributed by atoms with Crippen molar-refractivity contribution in [3.8, 4) is 5.75 Å². The van der Waals surface area contributed by atoms with Gasteiger partial charge in [0.1, 0.15) is 16.3 Å². The number of hydrogen-bond acceptors (Lipinski definition) is 8. The number of hydrogen-bond donors (Lipinski definition) is 1. The summed E-state index contributed by atoms with van der Waals surface area (Å²) in [6.45, 7) is 4.81.